The molecule has 3 aromatic rings. The highest BCUT2D eigenvalue weighted by Crippen LogP contribution is 2.23. The number of carbonyl (C=O) groups is 1. The molecule has 35 heavy (non-hydrogen) atoms. The Bertz CT molecular complexity index is 1090. The summed E-state index contributed by atoms with van der Waals surface area (Å²) in [6.07, 6.45) is 5.09. The SMILES string of the molecule is CC(C)(C)OC(=O)CCCCCOCCNCc1cc(F)cc2c1ccn2Cc1ccc(Cl)cc1. The Hall–Kier alpha value is -2.41. The fraction of sp³-hybridized carbons (Fsp3) is 0.464. The summed E-state index contributed by atoms with van der Waals surface area (Å²) in [6, 6.07) is 12.9. The molecule has 1 N–H and O–H groups in total. The lowest BCUT2D eigenvalue weighted by Gasteiger charge is -2.19. The number of unbranched alkanes of at least 4 members (excludes halogenated alkanes) is 2. The Morgan fingerprint density at radius 3 is 2.57 bits per heavy atom. The highest BCUT2D eigenvalue weighted by Gasteiger charge is 2.15. The summed E-state index contributed by atoms with van der Waals surface area (Å²) in [7, 11) is 0. The van der Waals surface area contributed by atoms with E-state index < -0.39 is 5.60 Å². The van der Waals surface area contributed by atoms with Gasteiger partial charge in [-0.2, -0.15) is 0 Å². The molecule has 1 aromatic heterocycles. The van der Waals surface area contributed by atoms with Gasteiger partial charge in [-0.3, -0.25) is 4.79 Å². The molecule has 0 spiro atoms. The molecule has 7 heteroatoms. The standard InChI is InChI=1S/C28H36ClFN2O3/c1-28(2,3)35-27(33)7-5-4-6-15-34-16-13-31-19-22-17-24(30)18-26-25(22)12-14-32(26)20-21-8-10-23(29)11-9-21/h8-12,14,17-18,31H,4-7,13,15-16,19-20H2,1-3H3. The van der Waals surface area contributed by atoms with Gasteiger partial charge >= 0.3 is 5.97 Å². The summed E-state index contributed by atoms with van der Waals surface area (Å²) in [5, 5.41) is 5.09. The minimum atomic E-state index is -0.425. The average molecular weight is 503 g/mol. The van der Waals surface area contributed by atoms with Gasteiger partial charge in [0.1, 0.15) is 11.4 Å². The Morgan fingerprint density at radius 2 is 1.83 bits per heavy atom. The van der Waals surface area contributed by atoms with Crippen molar-refractivity contribution in [1.29, 1.82) is 0 Å². The number of fused-ring (bicyclic) bond motifs is 1. The van der Waals surface area contributed by atoms with Crippen LogP contribution < -0.4 is 5.32 Å². The van der Waals surface area contributed by atoms with Crippen LogP contribution in [0.25, 0.3) is 10.9 Å². The summed E-state index contributed by atoms with van der Waals surface area (Å²) in [4.78, 5) is 11.7. The van der Waals surface area contributed by atoms with Crippen molar-refractivity contribution in [3.63, 3.8) is 0 Å². The van der Waals surface area contributed by atoms with Crippen LogP contribution in [0.2, 0.25) is 5.02 Å². The third kappa shape index (κ3) is 9.28. The highest BCUT2D eigenvalue weighted by atomic mass is 35.5. The smallest absolute Gasteiger partial charge is 0.306 e. The topological polar surface area (TPSA) is 52.5 Å². The first-order valence-corrected chi connectivity index (χ1v) is 12.6. The van der Waals surface area contributed by atoms with E-state index in [0.29, 0.717) is 44.3 Å². The average Bonchev–Trinajstić information content (AvgIpc) is 3.17. The second kappa shape index (κ2) is 13.1. The first kappa shape index (κ1) is 27.2. The van der Waals surface area contributed by atoms with Gasteiger partial charge in [-0.05, 0) is 75.1 Å². The van der Waals surface area contributed by atoms with E-state index in [1.807, 2.05) is 57.3 Å². The zero-order valence-corrected chi connectivity index (χ0v) is 21.7. The van der Waals surface area contributed by atoms with Gasteiger partial charge in [0.15, 0.2) is 0 Å². The zero-order valence-electron chi connectivity index (χ0n) is 20.9. The molecule has 0 saturated carbocycles. The molecule has 2 aromatic carbocycles. The largest absolute Gasteiger partial charge is 0.460 e. The lowest BCUT2D eigenvalue weighted by Crippen LogP contribution is -2.23. The minimum absolute atomic E-state index is 0.144. The maximum atomic E-state index is 14.3. The van der Waals surface area contributed by atoms with Crippen LogP contribution in [0.5, 0.6) is 0 Å². The molecule has 0 fully saturated rings. The number of halogens is 2. The normalized spacial score (nSPS) is 11.8. The molecule has 0 radical (unpaired) electrons. The van der Waals surface area contributed by atoms with Crippen LogP contribution in [0.1, 0.15) is 57.6 Å². The summed E-state index contributed by atoms with van der Waals surface area (Å²) >= 11 is 5.98. The van der Waals surface area contributed by atoms with Gasteiger partial charge in [0.2, 0.25) is 0 Å². The van der Waals surface area contributed by atoms with Crippen LogP contribution in [0.15, 0.2) is 48.7 Å². The van der Waals surface area contributed by atoms with Crippen molar-refractivity contribution in [3.8, 4) is 0 Å². The van der Waals surface area contributed by atoms with Crippen LogP contribution >= 0.6 is 11.6 Å². The predicted octanol–water partition coefficient (Wildman–Crippen LogP) is 6.49. The molecule has 1 heterocycles. The number of carbonyl (C=O) groups excluding carboxylic acids is 1. The number of aromatic nitrogens is 1. The second-order valence-electron chi connectivity index (χ2n) is 9.75. The van der Waals surface area contributed by atoms with Crippen molar-refractivity contribution in [2.75, 3.05) is 19.8 Å². The molecule has 0 aliphatic rings. The Balaban J connectivity index is 1.36. The van der Waals surface area contributed by atoms with Crippen molar-refractivity contribution in [1.82, 2.24) is 9.88 Å². The van der Waals surface area contributed by atoms with E-state index >= 15 is 0 Å². The molecule has 0 unspecified atom stereocenters. The highest BCUT2D eigenvalue weighted by molar-refractivity contribution is 6.30. The predicted molar refractivity (Wildman–Crippen MR) is 139 cm³/mol. The fourth-order valence-corrected chi connectivity index (χ4v) is 4.04. The van der Waals surface area contributed by atoms with Gasteiger partial charge in [0, 0.05) is 49.3 Å². The van der Waals surface area contributed by atoms with E-state index in [-0.39, 0.29) is 11.8 Å². The van der Waals surface area contributed by atoms with Gasteiger partial charge < -0.3 is 19.4 Å². The number of nitrogens with zero attached hydrogens (tertiary/aromatic N) is 1. The van der Waals surface area contributed by atoms with Crippen molar-refractivity contribution >= 4 is 28.5 Å². The third-order valence-corrected chi connectivity index (χ3v) is 5.79. The molecule has 0 aliphatic carbocycles. The number of ether oxygens (including phenoxy) is 2. The van der Waals surface area contributed by atoms with Crippen LogP contribution in [0, 0.1) is 5.82 Å². The van der Waals surface area contributed by atoms with Crippen LogP contribution in [0.3, 0.4) is 0 Å². The maximum Gasteiger partial charge on any atom is 0.306 e. The van der Waals surface area contributed by atoms with Crippen LogP contribution in [-0.2, 0) is 27.4 Å². The van der Waals surface area contributed by atoms with E-state index in [4.69, 9.17) is 21.1 Å². The van der Waals surface area contributed by atoms with E-state index in [0.717, 1.165) is 41.3 Å². The van der Waals surface area contributed by atoms with Crippen molar-refractivity contribution in [2.24, 2.45) is 0 Å². The third-order valence-electron chi connectivity index (χ3n) is 5.53. The first-order valence-electron chi connectivity index (χ1n) is 12.2. The van der Waals surface area contributed by atoms with Gasteiger partial charge in [-0.25, -0.2) is 4.39 Å². The molecule has 3 rings (SSSR count). The van der Waals surface area contributed by atoms with Gasteiger partial charge in [-0.15, -0.1) is 0 Å². The quantitative estimate of drug-likeness (QED) is 0.214. The summed E-state index contributed by atoms with van der Waals surface area (Å²) in [6.45, 7) is 8.78. The number of hydrogen-bond acceptors (Lipinski definition) is 4. The lowest BCUT2D eigenvalue weighted by atomic mass is 10.1. The Kier molecular flexibility index (Phi) is 10.1. The number of esters is 1. The monoisotopic (exact) mass is 502 g/mol. The number of rotatable bonds is 13. The molecule has 190 valence electrons. The molecule has 5 nitrogen and oxygen atoms in total. The van der Waals surface area contributed by atoms with Gasteiger partial charge in [0.05, 0.1) is 12.1 Å². The molecule has 0 bridgehead atoms. The molecule has 0 amide bonds. The van der Waals surface area contributed by atoms with E-state index in [2.05, 4.69) is 9.88 Å². The molecular weight excluding hydrogens is 467 g/mol. The Morgan fingerprint density at radius 1 is 1.06 bits per heavy atom. The lowest BCUT2D eigenvalue weighted by molar-refractivity contribution is -0.154. The number of hydrogen-bond donors (Lipinski definition) is 1. The van der Waals surface area contributed by atoms with E-state index in [1.165, 1.54) is 0 Å². The molecular formula is C28H36ClFN2O3. The molecule has 0 saturated heterocycles. The molecule has 0 atom stereocenters. The summed E-state index contributed by atoms with van der Waals surface area (Å²) < 4.78 is 27.4. The second-order valence-corrected chi connectivity index (χ2v) is 10.2. The maximum absolute atomic E-state index is 14.3. The summed E-state index contributed by atoms with van der Waals surface area (Å²) in [5.41, 5.74) is 2.49. The fourth-order valence-electron chi connectivity index (χ4n) is 3.92. The van der Waals surface area contributed by atoms with Crippen LogP contribution in [-0.4, -0.2) is 35.9 Å². The van der Waals surface area contributed by atoms with Crippen molar-refractivity contribution < 1.29 is 18.7 Å². The van der Waals surface area contributed by atoms with E-state index in [1.54, 1.807) is 12.1 Å². The van der Waals surface area contributed by atoms with Crippen molar-refractivity contribution in [3.05, 3.63) is 70.6 Å². The van der Waals surface area contributed by atoms with Crippen LogP contribution in [0.4, 0.5) is 4.39 Å². The first-order chi connectivity index (χ1) is 16.7. The molecule has 0 aliphatic heterocycles. The van der Waals surface area contributed by atoms with E-state index in [9.17, 15) is 9.18 Å². The number of nitrogens with one attached hydrogen (secondary N) is 1. The van der Waals surface area contributed by atoms with Gasteiger partial charge in [0.25, 0.3) is 0 Å². The Labute approximate surface area is 212 Å². The number of benzene rings is 2. The summed E-state index contributed by atoms with van der Waals surface area (Å²) in [5.74, 6) is -0.387. The zero-order chi connectivity index (χ0) is 25.3. The van der Waals surface area contributed by atoms with Crippen molar-refractivity contribution in [2.45, 2.75) is 65.1 Å². The minimum Gasteiger partial charge on any atom is -0.460 e. The van der Waals surface area contributed by atoms with Gasteiger partial charge in [-0.1, -0.05) is 30.2 Å².